The molecule has 2 aliphatic heterocycles. The molecule has 0 radical (unpaired) electrons. The number of nitrogens with one attached hydrogen (secondary N) is 1. The maximum Gasteiger partial charge on any atom is 0.224 e. The van der Waals surface area contributed by atoms with Gasteiger partial charge in [-0.25, -0.2) is 49.2 Å². The average molecular weight is 881 g/mol. The Kier molecular flexibility index (Phi) is 17.6. The van der Waals surface area contributed by atoms with Gasteiger partial charge >= 0.3 is 0 Å². The van der Waals surface area contributed by atoms with Crippen molar-refractivity contribution >= 4 is 60.0 Å². The molecule has 4 heterocycles. The van der Waals surface area contributed by atoms with Gasteiger partial charge < -0.3 is 22.5 Å². The van der Waals surface area contributed by atoms with E-state index in [9.17, 15) is 39.4 Å². The average Bonchev–Trinajstić information content (AvgIpc) is 3.18. The summed E-state index contributed by atoms with van der Waals surface area (Å²) in [5.74, 6) is -1.03. The van der Waals surface area contributed by atoms with Gasteiger partial charge in [0.05, 0.1) is 34.4 Å². The van der Waals surface area contributed by atoms with Crippen LogP contribution in [-0.4, -0.2) is 118 Å². The van der Waals surface area contributed by atoms with Gasteiger partial charge in [-0.3, -0.25) is 13.8 Å². The second-order valence-corrected chi connectivity index (χ2v) is 18.9. The summed E-state index contributed by atoms with van der Waals surface area (Å²) in [5, 5.41) is 3.22. The van der Waals surface area contributed by atoms with E-state index in [2.05, 4.69) is 25.3 Å². The van der Waals surface area contributed by atoms with Crippen molar-refractivity contribution in [2.75, 3.05) is 61.2 Å². The minimum Gasteiger partial charge on any atom is -0.383 e. The van der Waals surface area contributed by atoms with E-state index in [4.69, 9.17) is 17.2 Å². The van der Waals surface area contributed by atoms with Crippen LogP contribution in [0.15, 0.2) is 66.1 Å². The molecule has 22 heteroatoms. The molecule has 1 atom stereocenters. The minimum atomic E-state index is -3.18. The van der Waals surface area contributed by atoms with Crippen molar-refractivity contribution in [3.8, 4) is 0 Å². The lowest BCUT2D eigenvalue weighted by atomic mass is 10.1. The van der Waals surface area contributed by atoms with Crippen LogP contribution in [0.5, 0.6) is 0 Å². The first kappa shape index (κ1) is 48.5. The summed E-state index contributed by atoms with van der Waals surface area (Å²) >= 11 is 0. The number of anilines is 3. The molecule has 2 aliphatic rings. The summed E-state index contributed by atoms with van der Waals surface area (Å²) in [6, 6.07) is 10.4. The Labute approximate surface area is 345 Å². The third-order valence-electron chi connectivity index (χ3n) is 9.01. The van der Waals surface area contributed by atoms with Crippen LogP contribution in [0.25, 0.3) is 0 Å². The number of piperidine rings is 2. The van der Waals surface area contributed by atoms with Crippen molar-refractivity contribution in [3.05, 3.63) is 94.8 Å². The molecule has 2 fully saturated rings. The van der Waals surface area contributed by atoms with Crippen molar-refractivity contribution in [2.24, 2.45) is 5.73 Å². The van der Waals surface area contributed by atoms with E-state index in [1.165, 1.54) is 82.0 Å². The first-order valence-corrected chi connectivity index (χ1v) is 22.9. The predicted molar refractivity (Wildman–Crippen MR) is 223 cm³/mol. The number of aromatic nitrogens is 4. The smallest absolute Gasteiger partial charge is 0.224 e. The second-order valence-electron chi connectivity index (χ2n) is 13.3. The van der Waals surface area contributed by atoms with Crippen LogP contribution in [-0.2, 0) is 30.8 Å². The molecule has 1 unspecified atom stereocenters. The molecule has 0 saturated carbocycles. The molecule has 0 amide bonds. The summed E-state index contributed by atoms with van der Waals surface area (Å²) in [4.78, 5) is 40.6. The van der Waals surface area contributed by atoms with E-state index in [1.54, 1.807) is 6.92 Å². The van der Waals surface area contributed by atoms with Crippen LogP contribution >= 0.6 is 0 Å². The molecule has 0 aliphatic carbocycles. The lowest BCUT2D eigenvalue weighted by molar-refractivity contribution is 0.103. The SMILES string of the molecule is C.CCS(=O)c1ncc(C(=O)c2ccc(F)cc2)c(N)n1.CS(=O)(=O)N1CCC(N)CC1.CS(=O)(=O)N1CCC(Nc2ncc(C(=O)c3ccc(F)cc3)c(N)n2)CC1. The Morgan fingerprint density at radius 2 is 1.15 bits per heavy atom. The maximum atomic E-state index is 13.0. The van der Waals surface area contributed by atoms with Gasteiger partial charge in [0, 0.05) is 67.5 Å². The molecule has 4 aromatic rings. The molecule has 7 N–H and O–H groups in total. The molecule has 2 aromatic carbocycles. The van der Waals surface area contributed by atoms with Gasteiger partial charge in [0.25, 0.3) is 0 Å². The Hall–Kier alpha value is -4.87. The lowest BCUT2D eigenvalue weighted by Gasteiger charge is -2.30. The molecule has 59 heavy (non-hydrogen) atoms. The number of carbonyl (C=O) groups is 2. The van der Waals surface area contributed by atoms with Crippen molar-refractivity contribution in [2.45, 2.75) is 57.3 Å². The van der Waals surface area contributed by atoms with Crippen molar-refractivity contribution in [1.82, 2.24) is 28.5 Å². The second kappa shape index (κ2) is 21.4. The fraction of sp³-hybridized carbons (Fsp3) is 0.405. The van der Waals surface area contributed by atoms with Crippen LogP contribution in [0.1, 0.15) is 71.9 Å². The van der Waals surface area contributed by atoms with Gasteiger partial charge in [0.1, 0.15) is 23.3 Å². The molecule has 2 saturated heterocycles. The highest BCUT2D eigenvalue weighted by molar-refractivity contribution is 7.88. The fourth-order valence-electron chi connectivity index (χ4n) is 5.67. The molecule has 2 aromatic heterocycles. The van der Waals surface area contributed by atoms with E-state index in [-0.39, 0.29) is 64.7 Å². The van der Waals surface area contributed by atoms with Crippen molar-refractivity contribution < 1.29 is 39.4 Å². The highest BCUT2D eigenvalue weighted by Gasteiger charge is 2.26. The number of halogens is 2. The van der Waals surface area contributed by atoms with Crippen LogP contribution < -0.4 is 22.5 Å². The Morgan fingerprint density at radius 3 is 1.54 bits per heavy atom. The number of ketones is 2. The Balaban J connectivity index is 0.000000255. The van der Waals surface area contributed by atoms with Crippen molar-refractivity contribution in [1.29, 1.82) is 0 Å². The number of nitrogens with two attached hydrogens (primary N) is 3. The normalized spacial score (nSPS) is 16.0. The summed E-state index contributed by atoms with van der Waals surface area (Å²) in [6.07, 6.45) is 7.82. The topological polar surface area (TPSA) is 268 Å². The monoisotopic (exact) mass is 880 g/mol. The number of hydrogen-bond acceptors (Lipinski definition) is 15. The fourth-order valence-corrected chi connectivity index (χ4v) is 8.04. The molecule has 0 bridgehead atoms. The van der Waals surface area contributed by atoms with Gasteiger partial charge in [0.15, 0.2) is 11.6 Å². The van der Waals surface area contributed by atoms with Gasteiger partial charge in [0.2, 0.25) is 31.2 Å². The molecule has 6 rings (SSSR count). The molecule has 0 spiro atoms. The number of sulfonamides is 2. The minimum absolute atomic E-state index is 0. The van der Waals surface area contributed by atoms with Crippen LogP contribution in [0.4, 0.5) is 26.4 Å². The summed E-state index contributed by atoms with van der Waals surface area (Å²) < 4.78 is 85.3. The number of benzene rings is 2. The third kappa shape index (κ3) is 14.1. The zero-order valence-corrected chi connectivity index (χ0v) is 34.5. The molecule has 322 valence electrons. The zero-order valence-electron chi connectivity index (χ0n) is 32.0. The van der Waals surface area contributed by atoms with Crippen LogP contribution in [0, 0.1) is 11.6 Å². The van der Waals surface area contributed by atoms with E-state index >= 15 is 0 Å². The van der Waals surface area contributed by atoms with Crippen LogP contribution in [0.2, 0.25) is 0 Å². The Morgan fingerprint density at radius 1 is 0.746 bits per heavy atom. The Bertz CT molecular complexity index is 2310. The number of nitrogens with zero attached hydrogens (tertiary/aromatic N) is 6. The zero-order chi connectivity index (χ0) is 42.8. The quantitative estimate of drug-likeness (QED) is 0.132. The first-order chi connectivity index (χ1) is 27.3. The first-order valence-electron chi connectivity index (χ1n) is 17.9. The maximum absolute atomic E-state index is 13.0. The lowest BCUT2D eigenvalue weighted by Crippen LogP contribution is -2.42. The summed E-state index contributed by atoms with van der Waals surface area (Å²) in [5.41, 5.74) is 18.0. The largest absolute Gasteiger partial charge is 0.383 e. The molecular formula is C37H50F2N10O7S3. The van der Waals surface area contributed by atoms with E-state index < -0.39 is 48.3 Å². The van der Waals surface area contributed by atoms with Gasteiger partial charge in [-0.15, -0.1) is 0 Å². The number of nitrogen functional groups attached to an aromatic ring is 2. The number of carbonyl (C=O) groups excluding carboxylic acids is 2. The van der Waals surface area contributed by atoms with E-state index in [0.29, 0.717) is 50.3 Å². The highest BCUT2D eigenvalue weighted by atomic mass is 32.2. The number of rotatable bonds is 10. The molecule has 17 nitrogen and oxygen atoms in total. The van der Waals surface area contributed by atoms with Gasteiger partial charge in [-0.1, -0.05) is 14.4 Å². The predicted octanol–water partition coefficient (Wildman–Crippen LogP) is 2.83. The van der Waals surface area contributed by atoms with Gasteiger partial charge in [-0.05, 0) is 74.2 Å². The van der Waals surface area contributed by atoms with E-state index in [0.717, 1.165) is 12.8 Å². The molecular weight excluding hydrogens is 831 g/mol. The van der Waals surface area contributed by atoms with E-state index in [1.807, 2.05) is 0 Å². The summed E-state index contributed by atoms with van der Waals surface area (Å²) in [7, 11) is -7.48. The highest BCUT2D eigenvalue weighted by Crippen LogP contribution is 2.20. The third-order valence-corrected chi connectivity index (χ3v) is 12.7. The standard InChI is InChI=1S/C17H20FN5O3S.C13H12FN3O2S.C6H14N2O2S.CH4/c1-27(25,26)23-8-6-13(7-9-23)21-17-20-10-14(16(19)22-17)15(24)11-2-4-12(18)5-3-11;1-2-20(19)13-16-7-10(12(15)17-13)11(18)8-3-5-9(14)6-4-8;1-11(9,10)8-4-2-6(7)3-5-8;/h2-5,10,13H,6-9H2,1H3,(H3,19,20,21,22);3-7H,2H2,1H3,(H2,15,16,17);6H,2-5,7H2,1H3;1H4. The van der Waals surface area contributed by atoms with Gasteiger partial charge in [-0.2, -0.15) is 4.98 Å². The van der Waals surface area contributed by atoms with Crippen molar-refractivity contribution in [3.63, 3.8) is 0 Å². The van der Waals surface area contributed by atoms with Crippen LogP contribution in [0.3, 0.4) is 0 Å². The number of hydrogen-bond donors (Lipinski definition) is 4. The summed E-state index contributed by atoms with van der Waals surface area (Å²) in [6.45, 7) is 3.74.